The van der Waals surface area contributed by atoms with Crippen molar-refractivity contribution in [2.45, 2.75) is 46.6 Å². The van der Waals surface area contributed by atoms with Gasteiger partial charge in [-0.05, 0) is 5.92 Å². The molecule has 0 aliphatic heterocycles. The number of carboxylic acid groups (broad SMARTS) is 1. The highest BCUT2D eigenvalue weighted by molar-refractivity contribution is 5.73. The Bertz CT molecular complexity index is 183. The summed E-state index contributed by atoms with van der Waals surface area (Å²) in [6.45, 7) is 8.11. The summed E-state index contributed by atoms with van der Waals surface area (Å²) in [6, 6.07) is 0. The average Bonchev–Trinajstić information content (AvgIpc) is 2.05. The number of aliphatic carboxylic acids is 1. The van der Waals surface area contributed by atoms with Crippen molar-refractivity contribution >= 4 is 5.97 Å². The Balaban J connectivity index is 4.78. The van der Waals surface area contributed by atoms with Crippen molar-refractivity contribution in [3.8, 4) is 0 Å². The molecule has 0 heterocycles. The lowest BCUT2D eigenvalue weighted by Gasteiger charge is -2.37. The van der Waals surface area contributed by atoms with Crippen LogP contribution in [0, 0.1) is 11.3 Å². The van der Waals surface area contributed by atoms with Gasteiger partial charge in [-0.1, -0.05) is 40.5 Å². The molecular formula is C11H22O3. The number of hydrogen-bond acceptors (Lipinski definition) is 2. The highest BCUT2D eigenvalue weighted by Gasteiger charge is 2.40. The van der Waals surface area contributed by atoms with Gasteiger partial charge in [0.1, 0.15) is 0 Å². The van der Waals surface area contributed by atoms with Crippen LogP contribution in [-0.2, 0) is 9.53 Å². The van der Waals surface area contributed by atoms with Crippen molar-refractivity contribution in [1.29, 1.82) is 0 Å². The third kappa shape index (κ3) is 2.71. The third-order valence-corrected chi connectivity index (χ3v) is 3.17. The standard InChI is InChI=1S/C11H22O3/c1-6-8(7-2)11(3,4)9(14-5)10(12)13/h8-9H,6-7H2,1-5H3,(H,12,13). The van der Waals surface area contributed by atoms with Crippen LogP contribution in [-0.4, -0.2) is 24.3 Å². The summed E-state index contributed by atoms with van der Waals surface area (Å²) in [6.07, 6.45) is 1.25. The molecule has 0 aromatic rings. The van der Waals surface area contributed by atoms with Gasteiger partial charge in [-0.3, -0.25) is 0 Å². The van der Waals surface area contributed by atoms with Gasteiger partial charge in [0.25, 0.3) is 0 Å². The highest BCUT2D eigenvalue weighted by atomic mass is 16.5. The molecule has 0 fully saturated rings. The van der Waals surface area contributed by atoms with E-state index >= 15 is 0 Å². The van der Waals surface area contributed by atoms with Gasteiger partial charge in [0.2, 0.25) is 0 Å². The molecule has 0 aliphatic carbocycles. The van der Waals surface area contributed by atoms with Gasteiger partial charge in [0, 0.05) is 12.5 Å². The minimum atomic E-state index is -0.871. The second kappa shape index (κ2) is 5.35. The van der Waals surface area contributed by atoms with Crippen LogP contribution in [0.2, 0.25) is 0 Å². The number of rotatable bonds is 6. The van der Waals surface area contributed by atoms with Crippen LogP contribution >= 0.6 is 0 Å². The second-order valence-corrected chi connectivity index (χ2v) is 4.29. The van der Waals surface area contributed by atoms with Gasteiger partial charge < -0.3 is 9.84 Å². The smallest absolute Gasteiger partial charge is 0.333 e. The van der Waals surface area contributed by atoms with E-state index in [0.717, 1.165) is 12.8 Å². The highest BCUT2D eigenvalue weighted by Crippen LogP contribution is 2.36. The molecule has 0 aromatic carbocycles. The zero-order valence-corrected chi connectivity index (χ0v) is 9.83. The van der Waals surface area contributed by atoms with E-state index in [4.69, 9.17) is 9.84 Å². The Kier molecular flexibility index (Phi) is 5.13. The van der Waals surface area contributed by atoms with Gasteiger partial charge >= 0.3 is 5.97 Å². The number of carboxylic acids is 1. The predicted molar refractivity (Wildman–Crippen MR) is 56.3 cm³/mol. The van der Waals surface area contributed by atoms with Gasteiger partial charge in [-0.25, -0.2) is 4.79 Å². The quantitative estimate of drug-likeness (QED) is 0.720. The molecule has 3 heteroatoms. The number of ether oxygens (including phenoxy) is 1. The SMILES string of the molecule is CCC(CC)C(C)(C)C(OC)C(=O)O. The summed E-state index contributed by atoms with van der Waals surface area (Å²) >= 11 is 0. The molecule has 0 spiro atoms. The van der Waals surface area contributed by atoms with Crippen molar-refractivity contribution < 1.29 is 14.6 Å². The van der Waals surface area contributed by atoms with Crippen molar-refractivity contribution in [3.05, 3.63) is 0 Å². The predicted octanol–water partition coefficient (Wildman–Crippen LogP) is 2.55. The normalized spacial score (nSPS) is 14.4. The molecule has 1 unspecified atom stereocenters. The van der Waals surface area contributed by atoms with E-state index in [-0.39, 0.29) is 5.41 Å². The maximum atomic E-state index is 11.0. The Labute approximate surface area is 86.5 Å². The van der Waals surface area contributed by atoms with Crippen LogP contribution in [0.25, 0.3) is 0 Å². The van der Waals surface area contributed by atoms with E-state index < -0.39 is 12.1 Å². The van der Waals surface area contributed by atoms with Gasteiger partial charge in [-0.2, -0.15) is 0 Å². The molecule has 0 amide bonds. The Hall–Kier alpha value is -0.570. The van der Waals surface area contributed by atoms with Crippen molar-refractivity contribution in [2.75, 3.05) is 7.11 Å². The molecule has 0 saturated heterocycles. The Morgan fingerprint density at radius 2 is 1.79 bits per heavy atom. The fourth-order valence-corrected chi connectivity index (χ4v) is 2.28. The first-order valence-corrected chi connectivity index (χ1v) is 5.17. The molecular weight excluding hydrogens is 180 g/mol. The summed E-state index contributed by atoms with van der Waals surface area (Å²) in [5.41, 5.74) is -0.315. The van der Waals surface area contributed by atoms with Gasteiger partial charge in [0.05, 0.1) is 0 Å². The second-order valence-electron chi connectivity index (χ2n) is 4.29. The molecule has 0 aromatic heterocycles. The first-order chi connectivity index (χ1) is 6.41. The van der Waals surface area contributed by atoms with E-state index in [9.17, 15) is 4.79 Å². The Morgan fingerprint density at radius 3 is 2.00 bits per heavy atom. The van der Waals surface area contributed by atoms with Crippen LogP contribution in [0.1, 0.15) is 40.5 Å². The molecule has 0 bridgehead atoms. The van der Waals surface area contributed by atoms with Gasteiger partial charge in [0.15, 0.2) is 6.10 Å². The maximum absolute atomic E-state index is 11.0. The minimum absolute atomic E-state index is 0.315. The first-order valence-electron chi connectivity index (χ1n) is 5.17. The molecule has 14 heavy (non-hydrogen) atoms. The average molecular weight is 202 g/mol. The van der Waals surface area contributed by atoms with Crippen molar-refractivity contribution in [2.24, 2.45) is 11.3 Å². The fraction of sp³-hybridized carbons (Fsp3) is 0.909. The topological polar surface area (TPSA) is 46.5 Å². The molecule has 84 valence electrons. The van der Waals surface area contributed by atoms with Crippen LogP contribution in [0.3, 0.4) is 0 Å². The van der Waals surface area contributed by atoms with Crippen LogP contribution in [0.5, 0.6) is 0 Å². The lowest BCUT2D eigenvalue weighted by atomic mass is 9.71. The summed E-state index contributed by atoms with van der Waals surface area (Å²) in [5, 5.41) is 9.02. The lowest BCUT2D eigenvalue weighted by molar-refractivity contribution is -0.159. The van der Waals surface area contributed by atoms with Crippen LogP contribution < -0.4 is 0 Å². The zero-order valence-electron chi connectivity index (χ0n) is 9.83. The fourth-order valence-electron chi connectivity index (χ4n) is 2.28. The molecule has 0 radical (unpaired) electrons. The molecule has 1 N–H and O–H groups in total. The van der Waals surface area contributed by atoms with Crippen molar-refractivity contribution in [3.63, 3.8) is 0 Å². The maximum Gasteiger partial charge on any atom is 0.333 e. The summed E-state index contributed by atoms with van der Waals surface area (Å²) < 4.78 is 5.06. The summed E-state index contributed by atoms with van der Waals surface area (Å²) in [5.74, 6) is -0.493. The molecule has 3 nitrogen and oxygen atoms in total. The van der Waals surface area contributed by atoms with E-state index in [2.05, 4.69) is 13.8 Å². The minimum Gasteiger partial charge on any atom is -0.479 e. The Morgan fingerprint density at radius 1 is 1.36 bits per heavy atom. The van der Waals surface area contributed by atoms with E-state index in [1.165, 1.54) is 7.11 Å². The lowest BCUT2D eigenvalue weighted by Crippen LogP contribution is -2.43. The van der Waals surface area contributed by atoms with Crippen molar-refractivity contribution in [1.82, 2.24) is 0 Å². The van der Waals surface area contributed by atoms with E-state index in [1.807, 2.05) is 13.8 Å². The zero-order chi connectivity index (χ0) is 11.4. The number of hydrogen-bond donors (Lipinski definition) is 1. The van der Waals surface area contributed by atoms with E-state index in [0.29, 0.717) is 5.92 Å². The molecule has 0 rings (SSSR count). The van der Waals surface area contributed by atoms with Crippen LogP contribution in [0.4, 0.5) is 0 Å². The molecule has 1 atom stereocenters. The first kappa shape index (κ1) is 13.4. The summed E-state index contributed by atoms with van der Waals surface area (Å²) in [7, 11) is 1.46. The monoisotopic (exact) mass is 202 g/mol. The number of carbonyl (C=O) groups is 1. The molecule has 0 aliphatic rings. The van der Waals surface area contributed by atoms with Crippen LogP contribution in [0.15, 0.2) is 0 Å². The number of methoxy groups -OCH3 is 1. The summed E-state index contributed by atoms with van der Waals surface area (Å²) in [4.78, 5) is 11.0. The van der Waals surface area contributed by atoms with Gasteiger partial charge in [-0.15, -0.1) is 0 Å². The third-order valence-electron chi connectivity index (χ3n) is 3.17. The largest absolute Gasteiger partial charge is 0.479 e. The van der Waals surface area contributed by atoms with E-state index in [1.54, 1.807) is 0 Å². The molecule has 0 saturated carbocycles.